The Kier molecular flexibility index (Phi) is 5.22. The monoisotopic (exact) mass is 434 g/mol. The van der Waals surface area contributed by atoms with Crippen molar-refractivity contribution in [2.75, 3.05) is 25.0 Å². The van der Waals surface area contributed by atoms with Gasteiger partial charge in [-0.3, -0.25) is 19.2 Å². The first-order chi connectivity index (χ1) is 15.5. The van der Waals surface area contributed by atoms with E-state index in [1.807, 2.05) is 63.2 Å². The molecule has 2 aromatic carbocycles. The molecule has 0 amide bonds. The molecule has 0 bridgehead atoms. The van der Waals surface area contributed by atoms with Gasteiger partial charge >= 0.3 is 0 Å². The third kappa shape index (κ3) is 3.67. The van der Waals surface area contributed by atoms with Crippen LogP contribution in [-0.2, 0) is 13.2 Å². The Labute approximate surface area is 186 Å². The second-order valence-electron chi connectivity index (χ2n) is 8.01. The lowest BCUT2D eigenvalue weighted by Gasteiger charge is -2.38. The van der Waals surface area contributed by atoms with Crippen LogP contribution in [0.25, 0.3) is 0 Å². The summed E-state index contributed by atoms with van der Waals surface area (Å²) in [5, 5.41) is 0. The van der Waals surface area contributed by atoms with Crippen LogP contribution in [0.5, 0.6) is 17.2 Å². The van der Waals surface area contributed by atoms with Crippen LogP contribution in [0, 0.1) is 13.8 Å². The molecule has 8 nitrogen and oxygen atoms in total. The lowest BCUT2D eigenvalue weighted by Crippen LogP contribution is -2.47. The molecule has 2 aliphatic rings. The van der Waals surface area contributed by atoms with Crippen LogP contribution in [0.15, 0.2) is 47.3 Å². The smallest absolute Gasteiger partial charge is 0.259 e. The highest BCUT2D eigenvalue weighted by atomic mass is 16.7. The Morgan fingerprint density at radius 1 is 1.03 bits per heavy atom. The number of fused-ring (bicyclic) bond motifs is 2. The third-order valence-electron chi connectivity index (χ3n) is 5.84. The van der Waals surface area contributed by atoms with Crippen molar-refractivity contribution >= 4 is 11.6 Å². The zero-order chi connectivity index (χ0) is 22.2. The fraction of sp³-hybridized carbons (Fsp3) is 0.333. The first-order valence-corrected chi connectivity index (χ1v) is 10.7. The van der Waals surface area contributed by atoms with E-state index in [0.717, 1.165) is 34.2 Å². The Hall–Kier alpha value is -3.52. The summed E-state index contributed by atoms with van der Waals surface area (Å²) >= 11 is 0. The van der Waals surface area contributed by atoms with Gasteiger partial charge in [0.05, 0.1) is 19.9 Å². The highest BCUT2D eigenvalue weighted by molar-refractivity contribution is 5.59. The van der Waals surface area contributed by atoms with Gasteiger partial charge in [0.15, 0.2) is 11.5 Å². The first-order valence-electron chi connectivity index (χ1n) is 10.7. The Balaban J connectivity index is 1.50. The number of anilines is 2. The van der Waals surface area contributed by atoms with E-state index < -0.39 is 0 Å². The Morgan fingerprint density at radius 3 is 2.59 bits per heavy atom. The van der Waals surface area contributed by atoms with Crippen molar-refractivity contribution in [2.24, 2.45) is 0 Å². The van der Waals surface area contributed by atoms with E-state index in [9.17, 15) is 4.79 Å². The van der Waals surface area contributed by atoms with Crippen LogP contribution in [0.4, 0.5) is 11.6 Å². The third-order valence-corrected chi connectivity index (χ3v) is 5.84. The molecule has 0 fully saturated rings. The van der Waals surface area contributed by atoms with Gasteiger partial charge < -0.3 is 14.2 Å². The molecule has 0 radical (unpaired) electrons. The van der Waals surface area contributed by atoms with Gasteiger partial charge in [0.25, 0.3) is 5.56 Å². The van der Waals surface area contributed by atoms with Crippen molar-refractivity contribution in [1.82, 2.24) is 14.5 Å². The molecular weight excluding hydrogens is 408 g/mol. The SMILES string of the molecule is CCOc1ccc(N2CN(Cc3ccc4c(c3)OCO4)Cn3c2nc(C)c(C)c3=O)cc1. The Morgan fingerprint density at radius 2 is 1.81 bits per heavy atom. The van der Waals surface area contributed by atoms with E-state index in [-0.39, 0.29) is 12.4 Å². The number of ether oxygens (including phenoxy) is 3. The fourth-order valence-corrected chi connectivity index (χ4v) is 4.07. The van der Waals surface area contributed by atoms with Crippen LogP contribution in [-0.4, -0.2) is 34.5 Å². The van der Waals surface area contributed by atoms with E-state index in [4.69, 9.17) is 19.2 Å². The van der Waals surface area contributed by atoms with Crippen LogP contribution in [0.1, 0.15) is 23.7 Å². The molecule has 1 aromatic heterocycles. The summed E-state index contributed by atoms with van der Waals surface area (Å²) in [4.78, 5) is 22.2. The summed E-state index contributed by atoms with van der Waals surface area (Å²) in [6, 6.07) is 13.9. The Bertz CT molecular complexity index is 1210. The summed E-state index contributed by atoms with van der Waals surface area (Å²) < 4.78 is 18.3. The minimum Gasteiger partial charge on any atom is -0.494 e. The quantitative estimate of drug-likeness (QED) is 0.608. The number of hydrogen-bond donors (Lipinski definition) is 0. The van der Waals surface area contributed by atoms with Crippen molar-refractivity contribution < 1.29 is 14.2 Å². The topological polar surface area (TPSA) is 69.1 Å². The van der Waals surface area contributed by atoms with Gasteiger partial charge in [0.2, 0.25) is 12.7 Å². The number of aromatic nitrogens is 2. The minimum atomic E-state index is -0.0150. The highest BCUT2D eigenvalue weighted by Crippen LogP contribution is 2.34. The van der Waals surface area contributed by atoms with Gasteiger partial charge in [-0.25, -0.2) is 4.98 Å². The largest absolute Gasteiger partial charge is 0.494 e. The molecule has 0 aliphatic carbocycles. The van der Waals surface area contributed by atoms with Crippen LogP contribution >= 0.6 is 0 Å². The first kappa shape index (κ1) is 20.4. The molecule has 0 atom stereocenters. The summed E-state index contributed by atoms with van der Waals surface area (Å²) in [6.07, 6.45) is 0. The fourth-order valence-electron chi connectivity index (χ4n) is 4.07. The molecule has 166 valence electrons. The molecule has 0 saturated carbocycles. The summed E-state index contributed by atoms with van der Waals surface area (Å²) in [5.41, 5.74) is 3.45. The van der Waals surface area contributed by atoms with Crippen molar-refractivity contribution in [1.29, 1.82) is 0 Å². The standard InChI is InChI=1S/C24H26N4O4/c1-4-30-20-8-6-19(7-9-20)27-13-26(12-18-5-10-21-22(11-18)32-15-31-21)14-28-23(29)16(2)17(3)25-24(27)28/h5-11H,4,12-15H2,1-3H3. The van der Waals surface area contributed by atoms with Gasteiger partial charge in [0.1, 0.15) is 5.75 Å². The zero-order valence-electron chi connectivity index (χ0n) is 18.5. The minimum absolute atomic E-state index is 0.0150. The summed E-state index contributed by atoms with van der Waals surface area (Å²) in [5.74, 6) is 2.99. The van der Waals surface area contributed by atoms with E-state index in [0.29, 0.717) is 38.0 Å². The van der Waals surface area contributed by atoms with Crippen molar-refractivity contribution in [3.63, 3.8) is 0 Å². The van der Waals surface area contributed by atoms with E-state index in [1.54, 1.807) is 4.57 Å². The molecule has 0 N–H and O–H groups in total. The lowest BCUT2D eigenvalue weighted by atomic mass is 10.2. The lowest BCUT2D eigenvalue weighted by molar-refractivity contribution is 0.173. The molecule has 8 heteroatoms. The van der Waals surface area contributed by atoms with Crippen molar-refractivity contribution in [3.8, 4) is 17.2 Å². The molecule has 3 aromatic rings. The molecule has 0 saturated heterocycles. The molecule has 0 unspecified atom stereocenters. The van der Waals surface area contributed by atoms with E-state index in [1.165, 1.54) is 0 Å². The molecule has 0 spiro atoms. The second kappa shape index (κ2) is 8.20. The molecule has 32 heavy (non-hydrogen) atoms. The summed E-state index contributed by atoms with van der Waals surface area (Å²) in [6.45, 7) is 8.25. The molecular formula is C24H26N4O4. The van der Waals surface area contributed by atoms with Gasteiger partial charge in [-0.2, -0.15) is 0 Å². The van der Waals surface area contributed by atoms with Crippen LogP contribution in [0.2, 0.25) is 0 Å². The normalized spacial score (nSPS) is 15.0. The maximum Gasteiger partial charge on any atom is 0.259 e. The van der Waals surface area contributed by atoms with Gasteiger partial charge in [-0.05, 0) is 62.7 Å². The predicted molar refractivity (Wildman–Crippen MR) is 121 cm³/mol. The average molecular weight is 434 g/mol. The number of nitrogens with zero attached hydrogens (tertiary/aromatic N) is 4. The highest BCUT2D eigenvalue weighted by Gasteiger charge is 2.27. The molecule has 3 heterocycles. The number of aryl methyl sites for hydroxylation is 1. The maximum absolute atomic E-state index is 13.1. The van der Waals surface area contributed by atoms with Gasteiger partial charge in [0, 0.05) is 23.5 Å². The van der Waals surface area contributed by atoms with Crippen LogP contribution < -0.4 is 24.7 Å². The van der Waals surface area contributed by atoms with Gasteiger partial charge in [-0.1, -0.05) is 6.07 Å². The van der Waals surface area contributed by atoms with Gasteiger partial charge in [-0.15, -0.1) is 0 Å². The number of benzene rings is 2. The summed E-state index contributed by atoms with van der Waals surface area (Å²) in [7, 11) is 0. The maximum atomic E-state index is 13.1. The second-order valence-corrected chi connectivity index (χ2v) is 8.01. The van der Waals surface area contributed by atoms with Crippen molar-refractivity contribution in [2.45, 2.75) is 34.0 Å². The van der Waals surface area contributed by atoms with E-state index >= 15 is 0 Å². The van der Waals surface area contributed by atoms with E-state index in [2.05, 4.69) is 9.80 Å². The van der Waals surface area contributed by atoms with Crippen molar-refractivity contribution in [3.05, 3.63) is 69.6 Å². The molecule has 5 rings (SSSR count). The van der Waals surface area contributed by atoms with Crippen LogP contribution in [0.3, 0.4) is 0 Å². The predicted octanol–water partition coefficient (Wildman–Crippen LogP) is 3.56. The average Bonchev–Trinajstić information content (AvgIpc) is 3.26. The zero-order valence-corrected chi connectivity index (χ0v) is 18.5. The molecule has 2 aliphatic heterocycles. The number of rotatable bonds is 5. The number of hydrogen-bond acceptors (Lipinski definition) is 7.